The van der Waals surface area contributed by atoms with Crippen molar-refractivity contribution in [2.24, 2.45) is 0 Å². The molecule has 4 rings (SSSR count). The third-order valence-electron chi connectivity index (χ3n) is 5.21. The molecule has 2 aliphatic heterocycles. The van der Waals surface area contributed by atoms with Gasteiger partial charge in [-0.05, 0) is 49.9 Å². The highest BCUT2D eigenvalue weighted by Gasteiger charge is 2.24. The van der Waals surface area contributed by atoms with Crippen molar-refractivity contribution >= 4 is 40.6 Å². The molecule has 2 aromatic rings. The second-order valence-corrected chi connectivity index (χ2v) is 7.41. The number of piperidine rings is 1. The molecule has 0 radical (unpaired) electrons. The molecule has 0 saturated carbocycles. The van der Waals surface area contributed by atoms with Gasteiger partial charge in [0.05, 0.1) is 12.6 Å². The van der Waals surface area contributed by atoms with Crippen LogP contribution in [0.2, 0.25) is 5.02 Å². The lowest BCUT2D eigenvalue weighted by molar-refractivity contribution is -0.117. The van der Waals surface area contributed by atoms with E-state index < -0.39 is 0 Å². The van der Waals surface area contributed by atoms with E-state index in [1.54, 1.807) is 18.1 Å². The molecule has 1 N–H and O–H groups in total. The number of rotatable bonds is 3. The van der Waals surface area contributed by atoms with Gasteiger partial charge in [-0.1, -0.05) is 11.6 Å². The number of hydrogen-bond donors (Lipinski definition) is 1. The molecular formula is C19H22ClN5O. The average molecular weight is 372 g/mol. The fraction of sp³-hybridized carbons (Fsp3) is 0.421. The van der Waals surface area contributed by atoms with Gasteiger partial charge < -0.3 is 15.1 Å². The van der Waals surface area contributed by atoms with Crippen LogP contribution in [0.25, 0.3) is 0 Å². The third kappa shape index (κ3) is 3.09. The van der Waals surface area contributed by atoms with Crippen LogP contribution in [0.3, 0.4) is 0 Å². The molecule has 1 unspecified atom stereocenters. The smallest absolute Gasteiger partial charge is 0.231 e. The highest BCUT2D eigenvalue weighted by molar-refractivity contribution is 6.32. The van der Waals surface area contributed by atoms with Crippen molar-refractivity contribution in [2.45, 2.75) is 38.6 Å². The topological polar surface area (TPSA) is 61.4 Å². The first-order chi connectivity index (χ1) is 12.5. The van der Waals surface area contributed by atoms with Gasteiger partial charge in [-0.15, -0.1) is 0 Å². The molecule has 7 heteroatoms. The fourth-order valence-corrected chi connectivity index (χ4v) is 3.80. The van der Waals surface area contributed by atoms with Gasteiger partial charge in [0, 0.05) is 31.0 Å². The highest BCUT2D eigenvalue weighted by Crippen LogP contribution is 2.32. The molecule has 6 nitrogen and oxygen atoms in total. The number of halogens is 1. The maximum Gasteiger partial charge on any atom is 0.231 e. The summed E-state index contributed by atoms with van der Waals surface area (Å²) in [5.74, 6) is 1.41. The SMILES string of the molecule is CC1CCCCN1c1ncc(Cl)c(Nc2ccc3c(c2)CC(=O)N3C)n1. The van der Waals surface area contributed by atoms with E-state index >= 15 is 0 Å². The molecule has 26 heavy (non-hydrogen) atoms. The van der Waals surface area contributed by atoms with E-state index in [-0.39, 0.29) is 5.91 Å². The summed E-state index contributed by atoms with van der Waals surface area (Å²) in [5, 5.41) is 3.77. The van der Waals surface area contributed by atoms with Crippen LogP contribution in [0.4, 0.5) is 23.1 Å². The largest absolute Gasteiger partial charge is 0.339 e. The zero-order chi connectivity index (χ0) is 18.3. The van der Waals surface area contributed by atoms with Gasteiger partial charge in [-0.2, -0.15) is 4.98 Å². The van der Waals surface area contributed by atoms with Crippen LogP contribution in [-0.2, 0) is 11.2 Å². The van der Waals surface area contributed by atoms with Crippen LogP contribution in [-0.4, -0.2) is 35.5 Å². The Balaban J connectivity index is 1.60. The number of likely N-dealkylation sites (N-methyl/N-ethyl adjacent to an activating group) is 1. The van der Waals surface area contributed by atoms with Crippen LogP contribution < -0.4 is 15.1 Å². The summed E-state index contributed by atoms with van der Waals surface area (Å²) >= 11 is 6.32. The molecule has 1 aromatic heterocycles. The molecule has 2 aliphatic rings. The monoisotopic (exact) mass is 371 g/mol. The normalized spacial score (nSPS) is 19.7. The zero-order valence-electron chi connectivity index (χ0n) is 15.0. The Kier molecular flexibility index (Phi) is 4.44. The predicted molar refractivity (Wildman–Crippen MR) is 105 cm³/mol. The van der Waals surface area contributed by atoms with Crippen LogP contribution in [0.5, 0.6) is 0 Å². The zero-order valence-corrected chi connectivity index (χ0v) is 15.8. The molecule has 1 aromatic carbocycles. The quantitative estimate of drug-likeness (QED) is 0.889. The molecule has 1 fully saturated rings. The number of aromatic nitrogens is 2. The van der Waals surface area contributed by atoms with Crippen molar-refractivity contribution in [3.8, 4) is 0 Å². The van der Waals surface area contributed by atoms with Crippen molar-refractivity contribution < 1.29 is 4.79 Å². The van der Waals surface area contributed by atoms with E-state index in [4.69, 9.17) is 11.6 Å². The summed E-state index contributed by atoms with van der Waals surface area (Å²) in [6, 6.07) is 6.30. The first-order valence-electron chi connectivity index (χ1n) is 8.98. The van der Waals surface area contributed by atoms with E-state index in [1.807, 2.05) is 18.2 Å². The van der Waals surface area contributed by atoms with Crippen molar-refractivity contribution in [2.75, 3.05) is 28.7 Å². The lowest BCUT2D eigenvalue weighted by Crippen LogP contribution is -2.38. The molecule has 136 valence electrons. The van der Waals surface area contributed by atoms with Crippen LogP contribution in [0.1, 0.15) is 31.7 Å². The van der Waals surface area contributed by atoms with E-state index in [0.29, 0.717) is 29.3 Å². The van der Waals surface area contributed by atoms with E-state index in [1.165, 1.54) is 6.42 Å². The first-order valence-corrected chi connectivity index (χ1v) is 9.36. The van der Waals surface area contributed by atoms with Gasteiger partial charge in [0.2, 0.25) is 11.9 Å². The van der Waals surface area contributed by atoms with Gasteiger partial charge in [-0.25, -0.2) is 4.98 Å². The van der Waals surface area contributed by atoms with E-state index in [2.05, 4.69) is 27.1 Å². The number of nitrogens with zero attached hydrogens (tertiary/aromatic N) is 4. The number of fused-ring (bicyclic) bond motifs is 1. The Labute approximate surface area is 158 Å². The van der Waals surface area contributed by atoms with Gasteiger partial charge in [0.1, 0.15) is 5.02 Å². The van der Waals surface area contributed by atoms with Crippen molar-refractivity contribution in [3.05, 3.63) is 35.0 Å². The van der Waals surface area contributed by atoms with Crippen molar-refractivity contribution in [1.82, 2.24) is 9.97 Å². The highest BCUT2D eigenvalue weighted by atomic mass is 35.5. The van der Waals surface area contributed by atoms with Gasteiger partial charge in [0.25, 0.3) is 0 Å². The minimum Gasteiger partial charge on any atom is -0.339 e. The Bertz CT molecular complexity index is 856. The molecule has 3 heterocycles. The van der Waals surface area contributed by atoms with Crippen LogP contribution in [0.15, 0.2) is 24.4 Å². The minimum absolute atomic E-state index is 0.110. The molecule has 0 bridgehead atoms. The summed E-state index contributed by atoms with van der Waals surface area (Å²) in [6.45, 7) is 3.17. The maximum absolute atomic E-state index is 11.9. The van der Waals surface area contributed by atoms with Crippen LogP contribution >= 0.6 is 11.6 Å². The maximum atomic E-state index is 11.9. The lowest BCUT2D eigenvalue weighted by atomic mass is 10.0. The summed E-state index contributed by atoms with van der Waals surface area (Å²) in [4.78, 5) is 24.9. The molecule has 1 amide bonds. The number of carbonyl (C=O) groups excluding carboxylic acids is 1. The van der Waals surface area contributed by atoms with Crippen molar-refractivity contribution in [1.29, 1.82) is 0 Å². The molecule has 1 atom stereocenters. The van der Waals surface area contributed by atoms with Crippen LogP contribution in [0, 0.1) is 0 Å². The average Bonchev–Trinajstić information content (AvgIpc) is 2.91. The Morgan fingerprint density at radius 3 is 2.96 bits per heavy atom. The molecule has 0 aliphatic carbocycles. The summed E-state index contributed by atoms with van der Waals surface area (Å²) < 4.78 is 0. The molecule has 0 spiro atoms. The number of benzene rings is 1. The fourth-order valence-electron chi connectivity index (χ4n) is 3.66. The number of anilines is 4. The van der Waals surface area contributed by atoms with Gasteiger partial charge in [-0.3, -0.25) is 4.79 Å². The Morgan fingerprint density at radius 2 is 2.15 bits per heavy atom. The predicted octanol–water partition coefficient (Wildman–Crippen LogP) is 3.77. The summed E-state index contributed by atoms with van der Waals surface area (Å²) in [5.41, 5.74) is 2.83. The van der Waals surface area contributed by atoms with Gasteiger partial charge >= 0.3 is 0 Å². The molecular weight excluding hydrogens is 350 g/mol. The van der Waals surface area contributed by atoms with Gasteiger partial charge in [0.15, 0.2) is 5.82 Å². The van der Waals surface area contributed by atoms with E-state index in [9.17, 15) is 4.79 Å². The Hall–Kier alpha value is -2.34. The summed E-state index contributed by atoms with van der Waals surface area (Å²) in [6.07, 6.45) is 5.64. The number of amides is 1. The minimum atomic E-state index is 0.110. The standard InChI is InChI=1S/C19H22ClN5O/c1-12-5-3-4-8-25(12)19-21-11-15(20)18(23-19)22-14-6-7-16-13(9-14)10-17(26)24(16)2/h6-7,9,11-12H,3-5,8,10H2,1-2H3,(H,21,22,23). The number of carbonyl (C=O) groups is 1. The summed E-state index contributed by atoms with van der Waals surface area (Å²) in [7, 11) is 1.80. The lowest BCUT2D eigenvalue weighted by Gasteiger charge is -2.33. The van der Waals surface area contributed by atoms with E-state index in [0.717, 1.165) is 36.3 Å². The Morgan fingerprint density at radius 1 is 1.31 bits per heavy atom. The number of nitrogens with one attached hydrogen (secondary N) is 1. The second-order valence-electron chi connectivity index (χ2n) is 7.00. The molecule has 1 saturated heterocycles. The second kappa shape index (κ2) is 6.76. The third-order valence-corrected chi connectivity index (χ3v) is 5.49. The first kappa shape index (κ1) is 17.1. The number of hydrogen-bond acceptors (Lipinski definition) is 5. The van der Waals surface area contributed by atoms with Crippen molar-refractivity contribution in [3.63, 3.8) is 0 Å².